The Morgan fingerprint density at radius 1 is 1.17 bits per heavy atom. The molecule has 0 saturated carbocycles. The summed E-state index contributed by atoms with van der Waals surface area (Å²) in [5, 5.41) is 7.16. The lowest BCUT2D eigenvalue weighted by Gasteiger charge is -2.20. The highest BCUT2D eigenvalue weighted by molar-refractivity contribution is 7.80. The van der Waals surface area contributed by atoms with Gasteiger partial charge in [0, 0.05) is 11.8 Å². The maximum Gasteiger partial charge on any atom is 0.171 e. The molecule has 4 heteroatoms. The van der Waals surface area contributed by atoms with E-state index in [-0.39, 0.29) is 6.04 Å². The fraction of sp³-hybridized carbons (Fsp3) is 0.316. The summed E-state index contributed by atoms with van der Waals surface area (Å²) >= 11 is 5.43. The van der Waals surface area contributed by atoms with Crippen LogP contribution in [0.1, 0.15) is 36.6 Å². The van der Waals surface area contributed by atoms with Crippen molar-refractivity contribution in [3.63, 3.8) is 0 Å². The minimum absolute atomic E-state index is 0.143. The van der Waals surface area contributed by atoms with E-state index in [9.17, 15) is 0 Å². The van der Waals surface area contributed by atoms with E-state index in [4.69, 9.17) is 17.0 Å². The van der Waals surface area contributed by atoms with Crippen LogP contribution in [0.15, 0.2) is 42.5 Å². The van der Waals surface area contributed by atoms with E-state index in [1.165, 1.54) is 16.7 Å². The Labute approximate surface area is 144 Å². The van der Waals surface area contributed by atoms with Crippen molar-refractivity contribution >= 4 is 23.0 Å². The van der Waals surface area contributed by atoms with Crippen molar-refractivity contribution in [2.75, 3.05) is 11.9 Å². The first-order chi connectivity index (χ1) is 11.0. The maximum atomic E-state index is 5.50. The molecule has 2 aromatic carbocycles. The van der Waals surface area contributed by atoms with Gasteiger partial charge in [0.25, 0.3) is 0 Å². The van der Waals surface area contributed by atoms with E-state index in [0.717, 1.165) is 11.4 Å². The van der Waals surface area contributed by atoms with Crippen LogP contribution in [-0.4, -0.2) is 11.7 Å². The third kappa shape index (κ3) is 4.96. The molecular weight excluding hydrogens is 304 g/mol. The smallest absolute Gasteiger partial charge is 0.171 e. The molecule has 0 fully saturated rings. The second-order valence-corrected chi connectivity index (χ2v) is 6.05. The van der Waals surface area contributed by atoms with E-state index in [0.29, 0.717) is 11.7 Å². The van der Waals surface area contributed by atoms with E-state index < -0.39 is 0 Å². The molecule has 0 heterocycles. The summed E-state index contributed by atoms with van der Waals surface area (Å²) in [6.07, 6.45) is 0. The number of thiocarbonyl (C=S) groups is 1. The summed E-state index contributed by atoms with van der Waals surface area (Å²) < 4.78 is 5.50. The first-order valence-corrected chi connectivity index (χ1v) is 8.28. The minimum Gasteiger partial charge on any atom is -0.494 e. The van der Waals surface area contributed by atoms with Crippen LogP contribution in [0.3, 0.4) is 0 Å². The molecule has 0 aliphatic heterocycles. The van der Waals surface area contributed by atoms with Crippen molar-refractivity contribution in [2.24, 2.45) is 0 Å². The van der Waals surface area contributed by atoms with Crippen molar-refractivity contribution in [2.45, 2.75) is 33.7 Å². The van der Waals surface area contributed by atoms with Gasteiger partial charge < -0.3 is 15.4 Å². The molecule has 1 atom stereocenters. The van der Waals surface area contributed by atoms with E-state index in [2.05, 4.69) is 49.6 Å². The van der Waals surface area contributed by atoms with Gasteiger partial charge in [0.1, 0.15) is 5.75 Å². The summed E-state index contributed by atoms with van der Waals surface area (Å²) in [7, 11) is 0. The lowest BCUT2D eigenvalue weighted by molar-refractivity contribution is 0.340. The van der Waals surface area contributed by atoms with Crippen LogP contribution in [0.25, 0.3) is 0 Å². The summed E-state index contributed by atoms with van der Waals surface area (Å²) in [5.74, 6) is 0.836. The zero-order valence-electron chi connectivity index (χ0n) is 14.1. The van der Waals surface area contributed by atoms with Gasteiger partial charge in [-0.15, -0.1) is 0 Å². The lowest BCUT2D eigenvalue weighted by atomic mass is 10.0. The van der Waals surface area contributed by atoms with E-state index in [1.807, 2.05) is 31.2 Å². The summed E-state index contributed by atoms with van der Waals surface area (Å²) in [5.41, 5.74) is 4.69. The van der Waals surface area contributed by atoms with Gasteiger partial charge in [-0.2, -0.15) is 0 Å². The highest BCUT2D eigenvalue weighted by Gasteiger charge is 2.10. The summed E-state index contributed by atoms with van der Waals surface area (Å²) in [6.45, 7) is 8.96. The Bertz CT molecular complexity index is 685. The number of anilines is 1. The van der Waals surface area contributed by atoms with Crippen molar-refractivity contribution in [3.8, 4) is 5.75 Å². The van der Waals surface area contributed by atoms with Crippen molar-refractivity contribution in [1.29, 1.82) is 0 Å². The van der Waals surface area contributed by atoms with Crippen LogP contribution in [0.5, 0.6) is 5.75 Å². The average molecular weight is 328 g/mol. The molecule has 23 heavy (non-hydrogen) atoms. The first-order valence-electron chi connectivity index (χ1n) is 7.87. The molecule has 0 aliphatic carbocycles. The van der Waals surface area contributed by atoms with Gasteiger partial charge in [-0.1, -0.05) is 29.8 Å². The number of hydrogen-bond donors (Lipinski definition) is 2. The average Bonchev–Trinajstić information content (AvgIpc) is 2.50. The number of nitrogens with one attached hydrogen (secondary N) is 2. The fourth-order valence-electron chi connectivity index (χ4n) is 2.50. The molecule has 3 nitrogen and oxygen atoms in total. The molecule has 0 saturated heterocycles. The number of hydrogen-bond acceptors (Lipinski definition) is 2. The molecule has 0 amide bonds. The van der Waals surface area contributed by atoms with Gasteiger partial charge in [0.15, 0.2) is 5.11 Å². The van der Waals surface area contributed by atoms with Crippen LogP contribution in [0.4, 0.5) is 5.69 Å². The number of aryl methyl sites for hydroxylation is 2. The first kappa shape index (κ1) is 17.3. The third-order valence-electron chi connectivity index (χ3n) is 3.65. The molecule has 0 aromatic heterocycles. The lowest BCUT2D eigenvalue weighted by Crippen LogP contribution is -2.31. The van der Waals surface area contributed by atoms with E-state index >= 15 is 0 Å². The number of benzene rings is 2. The van der Waals surface area contributed by atoms with Gasteiger partial charge >= 0.3 is 0 Å². The van der Waals surface area contributed by atoms with Crippen molar-refractivity contribution in [3.05, 3.63) is 59.2 Å². The monoisotopic (exact) mass is 328 g/mol. The molecule has 2 N–H and O–H groups in total. The molecule has 0 bridgehead atoms. The highest BCUT2D eigenvalue weighted by Crippen LogP contribution is 2.20. The molecular formula is C19H24N2OS. The van der Waals surface area contributed by atoms with Crippen LogP contribution < -0.4 is 15.4 Å². The van der Waals surface area contributed by atoms with Gasteiger partial charge in [-0.25, -0.2) is 0 Å². The zero-order valence-corrected chi connectivity index (χ0v) is 15.0. The fourth-order valence-corrected chi connectivity index (χ4v) is 2.79. The van der Waals surface area contributed by atoms with Crippen LogP contribution in [-0.2, 0) is 0 Å². The largest absolute Gasteiger partial charge is 0.494 e. The molecule has 0 spiro atoms. The van der Waals surface area contributed by atoms with Crippen LogP contribution in [0.2, 0.25) is 0 Å². The van der Waals surface area contributed by atoms with Gasteiger partial charge in [-0.3, -0.25) is 0 Å². The Balaban J connectivity index is 2.01. The SMILES string of the molecule is CCOc1cccc(NC(=S)NC(C)c2cc(C)ccc2C)c1. The maximum absolute atomic E-state index is 5.50. The Hall–Kier alpha value is -2.07. The molecule has 2 aromatic rings. The van der Waals surface area contributed by atoms with Gasteiger partial charge in [-0.05, 0) is 63.2 Å². The Morgan fingerprint density at radius 3 is 2.70 bits per heavy atom. The van der Waals surface area contributed by atoms with Crippen molar-refractivity contribution in [1.82, 2.24) is 5.32 Å². The summed E-state index contributed by atoms with van der Waals surface area (Å²) in [6, 6.07) is 14.4. The molecule has 122 valence electrons. The van der Waals surface area contributed by atoms with Gasteiger partial charge in [0.05, 0.1) is 12.6 Å². The second kappa shape index (κ2) is 7.97. The third-order valence-corrected chi connectivity index (χ3v) is 3.87. The van der Waals surface area contributed by atoms with Gasteiger partial charge in [0.2, 0.25) is 0 Å². The molecule has 2 rings (SSSR count). The predicted octanol–water partition coefficient (Wildman–Crippen LogP) is 4.75. The number of rotatable bonds is 5. The zero-order chi connectivity index (χ0) is 16.8. The Kier molecular flexibility index (Phi) is 5.99. The number of ether oxygens (including phenoxy) is 1. The quantitative estimate of drug-likeness (QED) is 0.776. The van der Waals surface area contributed by atoms with E-state index in [1.54, 1.807) is 0 Å². The molecule has 0 radical (unpaired) electrons. The molecule has 0 aliphatic rings. The predicted molar refractivity (Wildman–Crippen MR) is 101 cm³/mol. The standard InChI is InChI=1S/C19H24N2OS/c1-5-22-17-8-6-7-16(12-17)21-19(23)20-15(4)18-11-13(2)9-10-14(18)3/h6-12,15H,5H2,1-4H3,(H2,20,21,23). The van der Waals surface area contributed by atoms with Crippen LogP contribution in [0, 0.1) is 13.8 Å². The van der Waals surface area contributed by atoms with Crippen molar-refractivity contribution < 1.29 is 4.74 Å². The van der Waals surface area contributed by atoms with Crippen LogP contribution >= 0.6 is 12.2 Å². The second-order valence-electron chi connectivity index (χ2n) is 5.64. The highest BCUT2D eigenvalue weighted by atomic mass is 32.1. The molecule has 1 unspecified atom stereocenters. The summed E-state index contributed by atoms with van der Waals surface area (Å²) in [4.78, 5) is 0. The topological polar surface area (TPSA) is 33.3 Å². The normalized spacial score (nSPS) is 11.7. The minimum atomic E-state index is 0.143. The Morgan fingerprint density at radius 2 is 1.96 bits per heavy atom.